The van der Waals surface area contributed by atoms with Gasteiger partial charge in [0.2, 0.25) is 0 Å². The summed E-state index contributed by atoms with van der Waals surface area (Å²) >= 11 is 0. The molecule has 1 aliphatic rings. The molecular formula is C25H27N3O. The number of hydrogen-bond acceptors (Lipinski definition) is 4. The van der Waals surface area contributed by atoms with E-state index in [1.165, 1.54) is 5.69 Å². The minimum atomic E-state index is 0.00918. The molecule has 0 amide bonds. The van der Waals surface area contributed by atoms with Crippen LogP contribution in [-0.2, 0) is 0 Å². The molecule has 148 valence electrons. The molecule has 1 aromatic heterocycles. The zero-order chi connectivity index (χ0) is 21.0. The van der Waals surface area contributed by atoms with Gasteiger partial charge in [-0.25, -0.2) is 0 Å². The molecule has 0 N–H and O–H groups in total. The van der Waals surface area contributed by atoms with E-state index >= 15 is 0 Å². The van der Waals surface area contributed by atoms with E-state index in [2.05, 4.69) is 50.8 Å². The van der Waals surface area contributed by atoms with Crippen LogP contribution in [0.4, 0.5) is 5.69 Å². The van der Waals surface area contributed by atoms with Crippen LogP contribution in [0, 0.1) is 28.1 Å². The predicted molar refractivity (Wildman–Crippen MR) is 118 cm³/mol. The van der Waals surface area contributed by atoms with Gasteiger partial charge in [0, 0.05) is 30.2 Å². The Labute approximate surface area is 173 Å². The first-order valence-corrected chi connectivity index (χ1v) is 10.1. The molecule has 0 radical (unpaired) electrons. The lowest BCUT2D eigenvalue weighted by molar-refractivity contribution is 0.354. The van der Waals surface area contributed by atoms with Crippen molar-refractivity contribution in [3.63, 3.8) is 0 Å². The maximum absolute atomic E-state index is 9.22. The fourth-order valence-electron chi connectivity index (χ4n) is 3.99. The molecule has 0 fully saturated rings. The highest BCUT2D eigenvalue weighted by atomic mass is 16.3. The standard InChI is InChI=1S/C25H27N3O/c1-5-28(6-2)22-9-8-19-12-23(29-24(19)13-22)10-7-18-11-20(21(16-26)17-27)15-25(3,4)14-18/h7-13H,5-6,14-15H2,1-4H3/b10-7+. The van der Waals surface area contributed by atoms with E-state index in [-0.39, 0.29) is 11.0 Å². The molecular weight excluding hydrogens is 358 g/mol. The number of anilines is 1. The third-order valence-electron chi connectivity index (χ3n) is 5.37. The average molecular weight is 386 g/mol. The lowest BCUT2D eigenvalue weighted by Crippen LogP contribution is -2.21. The first kappa shape index (κ1) is 20.5. The van der Waals surface area contributed by atoms with Crippen molar-refractivity contribution in [2.75, 3.05) is 18.0 Å². The SMILES string of the molecule is CCN(CC)c1ccc2cc(/C=C/C3=CC(=C(C#N)C#N)CC(C)(C)C3)oc2c1. The van der Waals surface area contributed by atoms with E-state index in [9.17, 15) is 10.5 Å². The summed E-state index contributed by atoms with van der Waals surface area (Å²) in [5.41, 5.74) is 4.18. The third kappa shape index (κ3) is 4.61. The van der Waals surface area contributed by atoms with E-state index in [0.29, 0.717) is 0 Å². The largest absolute Gasteiger partial charge is 0.457 e. The summed E-state index contributed by atoms with van der Waals surface area (Å²) in [6.07, 6.45) is 7.62. The first-order chi connectivity index (χ1) is 13.9. The van der Waals surface area contributed by atoms with Gasteiger partial charge in [0.05, 0.1) is 0 Å². The van der Waals surface area contributed by atoms with Gasteiger partial charge in [0.1, 0.15) is 29.1 Å². The zero-order valence-electron chi connectivity index (χ0n) is 17.6. The molecule has 0 saturated carbocycles. The van der Waals surface area contributed by atoms with Gasteiger partial charge in [0.25, 0.3) is 0 Å². The Morgan fingerprint density at radius 2 is 1.83 bits per heavy atom. The highest BCUT2D eigenvalue weighted by Crippen LogP contribution is 2.39. The highest BCUT2D eigenvalue weighted by molar-refractivity contribution is 5.83. The minimum absolute atomic E-state index is 0.00918. The predicted octanol–water partition coefficient (Wildman–Crippen LogP) is 6.38. The van der Waals surface area contributed by atoms with Crippen LogP contribution in [0.2, 0.25) is 0 Å². The van der Waals surface area contributed by atoms with Crippen molar-refractivity contribution in [2.24, 2.45) is 5.41 Å². The van der Waals surface area contributed by atoms with Gasteiger partial charge in [-0.15, -0.1) is 0 Å². The second-order valence-corrected chi connectivity index (χ2v) is 8.24. The average Bonchev–Trinajstić information content (AvgIpc) is 3.09. The van der Waals surface area contributed by atoms with Crippen LogP contribution in [0.3, 0.4) is 0 Å². The van der Waals surface area contributed by atoms with Crippen LogP contribution < -0.4 is 4.90 Å². The number of rotatable bonds is 5. The molecule has 0 spiro atoms. The van der Waals surface area contributed by atoms with Crippen molar-refractivity contribution in [2.45, 2.75) is 40.5 Å². The molecule has 0 atom stereocenters. The first-order valence-electron chi connectivity index (χ1n) is 10.1. The molecule has 0 aliphatic heterocycles. The van der Waals surface area contributed by atoms with Crippen molar-refractivity contribution in [3.05, 3.63) is 58.9 Å². The molecule has 0 unspecified atom stereocenters. The summed E-state index contributed by atoms with van der Waals surface area (Å²) in [5, 5.41) is 19.5. The van der Waals surface area contributed by atoms with Crippen molar-refractivity contribution in [1.29, 1.82) is 10.5 Å². The number of fused-ring (bicyclic) bond motifs is 1. The van der Waals surface area contributed by atoms with Gasteiger partial charge in [-0.1, -0.05) is 26.0 Å². The topological polar surface area (TPSA) is 64.0 Å². The Kier molecular flexibility index (Phi) is 5.95. The number of benzene rings is 1. The number of hydrogen-bond donors (Lipinski definition) is 0. The smallest absolute Gasteiger partial charge is 0.136 e. The van der Waals surface area contributed by atoms with Crippen molar-refractivity contribution < 1.29 is 4.42 Å². The number of allylic oxidation sites excluding steroid dienone is 5. The van der Waals surface area contributed by atoms with E-state index in [1.807, 2.05) is 36.4 Å². The van der Waals surface area contributed by atoms with Crippen LogP contribution in [0.25, 0.3) is 17.0 Å². The van der Waals surface area contributed by atoms with Crippen LogP contribution in [0.1, 0.15) is 46.3 Å². The fourth-order valence-corrected chi connectivity index (χ4v) is 3.99. The van der Waals surface area contributed by atoms with Gasteiger partial charge < -0.3 is 9.32 Å². The summed E-state index contributed by atoms with van der Waals surface area (Å²) in [6.45, 7) is 10.5. The van der Waals surface area contributed by atoms with E-state index < -0.39 is 0 Å². The Hall–Kier alpha value is -3.24. The van der Waals surface area contributed by atoms with E-state index in [1.54, 1.807) is 0 Å². The van der Waals surface area contributed by atoms with Gasteiger partial charge in [-0.2, -0.15) is 10.5 Å². The normalized spacial score (nSPS) is 15.8. The number of nitriles is 2. The molecule has 0 bridgehead atoms. The molecule has 4 nitrogen and oxygen atoms in total. The maximum atomic E-state index is 9.22. The quantitative estimate of drug-likeness (QED) is 0.560. The molecule has 1 aliphatic carbocycles. The molecule has 2 aromatic rings. The van der Waals surface area contributed by atoms with Gasteiger partial charge in [0.15, 0.2) is 0 Å². The monoisotopic (exact) mass is 385 g/mol. The van der Waals surface area contributed by atoms with Gasteiger partial charge in [-0.05, 0) is 67.5 Å². The van der Waals surface area contributed by atoms with E-state index in [4.69, 9.17) is 4.42 Å². The molecule has 0 saturated heterocycles. The third-order valence-corrected chi connectivity index (χ3v) is 5.37. The van der Waals surface area contributed by atoms with Crippen molar-refractivity contribution >= 4 is 22.7 Å². The minimum Gasteiger partial charge on any atom is -0.457 e. The fraction of sp³-hybridized carbons (Fsp3) is 0.360. The highest BCUT2D eigenvalue weighted by Gasteiger charge is 2.26. The lowest BCUT2D eigenvalue weighted by Gasteiger charge is -2.30. The van der Waals surface area contributed by atoms with Crippen molar-refractivity contribution in [3.8, 4) is 12.1 Å². The van der Waals surface area contributed by atoms with Gasteiger partial charge >= 0.3 is 0 Å². The maximum Gasteiger partial charge on any atom is 0.136 e. The Morgan fingerprint density at radius 1 is 1.10 bits per heavy atom. The van der Waals surface area contributed by atoms with Gasteiger partial charge in [-0.3, -0.25) is 0 Å². The molecule has 1 aromatic carbocycles. The lowest BCUT2D eigenvalue weighted by atomic mass is 9.74. The molecule has 4 heteroatoms. The summed E-state index contributed by atoms with van der Waals surface area (Å²) in [4.78, 5) is 2.29. The number of nitrogens with zero attached hydrogens (tertiary/aromatic N) is 3. The zero-order valence-corrected chi connectivity index (χ0v) is 17.6. The number of furan rings is 1. The molecule has 3 rings (SSSR count). The van der Waals surface area contributed by atoms with Crippen LogP contribution >= 0.6 is 0 Å². The molecule has 1 heterocycles. The van der Waals surface area contributed by atoms with Crippen LogP contribution in [-0.4, -0.2) is 13.1 Å². The Morgan fingerprint density at radius 3 is 2.48 bits per heavy atom. The Balaban J connectivity index is 1.91. The summed E-state index contributed by atoms with van der Waals surface area (Å²) in [6, 6.07) is 12.4. The van der Waals surface area contributed by atoms with Crippen LogP contribution in [0.15, 0.2) is 57.6 Å². The Bertz CT molecular complexity index is 1060. The second-order valence-electron chi connectivity index (χ2n) is 8.24. The molecule has 29 heavy (non-hydrogen) atoms. The second kappa shape index (κ2) is 8.41. The van der Waals surface area contributed by atoms with Crippen LogP contribution in [0.5, 0.6) is 0 Å². The summed E-state index contributed by atoms with van der Waals surface area (Å²) in [7, 11) is 0. The van der Waals surface area contributed by atoms with Crippen molar-refractivity contribution in [1.82, 2.24) is 0 Å². The summed E-state index contributed by atoms with van der Waals surface area (Å²) < 4.78 is 6.05. The van der Waals surface area contributed by atoms with E-state index in [0.717, 1.165) is 53.8 Å². The summed E-state index contributed by atoms with van der Waals surface area (Å²) in [5.74, 6) is 0.798.